The third kappa shape index (κ3) is 3.90. The number of hydrogen-bond donors (Lipinski definition) is 1. The van der Waals surface area contributed by atoms with Gasteiger partial charge in [0.25, 0.3) is 0 Å². The molecule has 0 spiro atoms. The van der Waals surface area contributed by atoms with Gasteiger partial charge in [-0.1, -0.05) is 23.2 Å². The van der Waals surface area contributed by atoms with E-state index in [2.05, 4.69) is 10.3 Å². The summed E-state index contributed by atoms with van der Waals surface area (Å²) in [5.74, 6) is 1.41. The van der Waals surface area contributed by atoms with E-state index >= 15 is 0 Å². The van der Waals surface area contributed by atoms with Crippen LogP contribution < -0.4 is 10.2 Å². The first kappa shape index (κ1) is 15.7. The molecule has 1 N–H and O–H groups in total. The van der Waals surface area contributed by atoms with Gasteiger partial charge in [0.15, 0.2) is 0 Å². The highest BCUT2D eigenvalue weighted by Gasteiger charge is 2.19. The Bertz CT molecular complexity index is 450. The predicted molar refractivity (Wildman–Crippen MR) is 85.3 cm³/mol. The first-order valence-electron chi connectivity index (χ1n) is 7.04. The van der Waals surface area contributed by atoms with Gasteiger partial charge in [-0.3, -0.25) is 0 Å². The molecule has 0 bridgehead atoms. The van der Waals surface area contributed by atoms with Crippen molar-refractivity contribution in [2.75, 3.05) is 37.0 Å². The van der Waals surface area contributed by atoms with E-state index < -0.39 is 0 Å². The summed E-state index contributed by atoms with van der Waals surface area (Å²) in [5, 5.41) is 4.25. The second-order valence-electron chi connectivity index (χ2n) is 5.02. The van der Waals surface area contributed by atoms with Crippen LogP contribution >= 0.6 is 23.2 Å². The Kier molecular flexibility index (Phi) is 5.75. The van der Waals surface area contributed by atoms with Crippen molar-refractivity contribution >= 4 is 34.8 Å². The second kappa shape index (κ2) is 7.34. The molecule has 1 saturated heterocycles. The molecule has 20 heavy (non-hydrogen) atoms. The number of halogens is 2. The minimum Gasteiger partial charge on any atom is -0.376 e. The number of nitrogens with one attached hydrogen (secondary N) is 1. The maximum Gasteiger partial charge on any atom is 0.149 e. The molecule has 2 heterocycles. The summed E-state index contributed by atoms with van der Waals surface area (Å²) in [6, 6.07) is 1.74. The Morgan fingerprint density at radius 1 is 1.40 bits per heavy atom. The molecule has 0 aromatic carbocycles. The standard InChI is InChI=1S/C14H21Cl2N3O/c1-3-17-13-11(15)8-12(16)14(18-13)19(2)9-10-6-4-5-7-20-10/h8,10H,3-7,9H2,1-2H3,(H,17,18). The lowest BCUT2D eigenvalue weighted by molar-refractivity contribution is 0.0215. The van der Waals surface area contributed by atoms with Gasteiger partial charge in [-0.15, -0.1) is 0 Å². The number of hydrogen-bond acceptors (Lipinski definition) is 4. The van der Waals surface area contributed by atoms with Crippen molar-refractivity contribution < 1.29 is 4.74 Å². The van der Waals surface area contributed by atoms with E-state index in [-0.39, 0.29) is 6.10 Å². The third-order valence-electron chi connectivity index (χ3n) is 3.37. The SMILES string of the molecule is CCNc1nc(N(C)CC2CCCCO2)c(Cl)cc1Cl. The lowest BCUT2D eigenvalue weighted by Gasteiger charge is -2.28. The molecule has 0 aliphatic carbocycles. The molecular formula is C14H21Cl2N3O. The number of anilines is 2. The molecule has 1 unspecified atom stereocenters. The maximum absolute atomic E-state index is 6.26. The van der Waals surface area contributed by atoms with Gasteiger partial charge in [-0.05, 0) is 32.3 Å². The zero-order valence-corrected chi connectivity index (χ0v) is 13.5. The van der Waals surface area contributed by atoms with Gasteiger partial charge in [0.1, 0.15) is 11.6 Å². The Balaban J connectivity index is 2.11. The van der Waals surface area contributed by atoms with Gasteiger partial charge in [0.2, 0.25) is 0 Å². The number of aromatic nitrogens is 1. The van der Waals surface area contributed by atoms with Crippen LogP contribution in [0.4, 0.5) is 11.6 Å². The highest BCUT2D eigenvalue weighted by Crippen LogP contribution is 2.31. The summed E-state index contributed by atoms with van der Waals surface area (Å²) in [6.45, 7) is 4.41. The van der Waals surface area contributed by atoms with E-state index in [1.165, 1.54) is 6.42 Å². The maximum atomic E-state index is 6.26. The fraction of sp³-hybridized carbons (Fsp3) is 0.643. The van der Waals surface area contributed by atoms with Gasteiger partial charge in [0.05, 0.1) is 16.1 Å². The van der Waals surface area contributed by atoms with Crippen LogP contribution in [0.25, 0.3) is 0 Å². The van der Waals surface area contributed by atoms with Gasteiger partial charge in [0, 0.05) is 26.7 Å². The number of rotatable bonds is 5. The monoisotopic (exact) mass is 317 g/mol. The lowest BCUT2D eigenvalue weighted by Crippen LogP contribution is -2.34. The van der Waals surface area contributed by atoms with Crippen molar-refractivity contribution in [1.82, 2.24) is 4.98 Å². The van der Waals surface area contributed by atoms with Crippen molar-refractivity contribution in [3.05, 3.63) is 16.1 Å². The number of pyridine rings is 1. The van der Waals surface area contributed by atoms with Crippen LogP contribution in [0.1, 0.15) is 26.2 Å². The smallest absolute Gasteiger partial charge is 0.149 e. The van der Waals surface area contributed by atoms with Crippen LogP contribution in [0.15, 0.2) is 6.07 Å². The van der Waals surface area contributed by atoms with Crippen LogP contribution in [0.3, 0.4) is 0 Å². The van der Waals surface area contributed by atoms with Gasteiger partial charge < -0.3 is 15.0 Å². The summed E-state index contributed by atoms with van der Waals surface area (Å²) in [7, 11) is 1.98. The average Bonchev–Trinajstić information content (AvgIpc) is 2.43. The summed E-state index contributed by atoms with van der Waals surface area (Å²) in [6.07, 6.45) is 3.73. The van der Waals surface area contributed by atoms with E-state index in [4.69, 9.17) is 27.9 Å². The lowest BCUT2D eigenvalue weighted by atomic mass is 10.1. The van der Waals surface area contributed by atoms with Crippen molar-refractivity contribution in [2.24, 2.45) is 0 Å². The van der Waals surface area contributed by atoms with E-state index in [1.807, 2.05) is 18.9 Å². The predicted octanol–water partition coefficient (Wildman–Crippen LogP) is 3.83. The topological polar surface area (TPSA) is 37.4 Å². The number of likely N-dealkylation sites (N-methyl/N-ethyl adjacent to an activating group) is 1. The van der Waals surface area contributed by atoms with Crippen molar-refractivity contribution in [1.29, 1.82) is 0 Å². The van der Waals surface area contributed by atoms with Crippen molar-refractivity contribution in [3.8, 4) is 0 Å². The van der Waals surface area contributed by atoms with E-state index in [0.717, 1.165) is 38.4 Å². The van der Waals surface area contributed by atoms with Crippen LogP contribution in [-0.2, 0) is 4.74 Å². The minimum absolute atomic E-state index is 0.255. The number of nitrogens with zero attached hydrogens (tertiary/aromatic N) is 2. The molecule has 1 fully saturated rings. The molecule has 0 saturated carbocycles. The van der Waals surface area contributed by atoms with Crippen LogP contribution in [0.5, 0.6) is 0 Å². The molecule has 1 aromatic rings. The highest BCUT2D eigenvalue weighted by molar-refractivity contribution is 6.37. The van der Waals surface area contributed by atoms with Gasteiger partial charge in [-0.2, -0.15) is 0 Å². The minimum atomic E-state index is 0.255. The van der Waals surface area contributed by atoms with Crippen LogP contribution in [-0.4, -0.2) is 37.8 Å². The molecule has 1 aliphatic heterocycles. The molecule has 112 valence electrons. The van der Waals surface area contributed by atoms with E-state index in [0.29, 0.717) is 15.9 Å². The molecular weight excluding hydrogens is 297 g/mol. The average molecular weight is 318 g/mol. The summed E-state index contributed by atoms with van der Waals surface area (Å²) >= 11 is 12.4. The molecule has 6 heteroatoms. The molecule has 2 rings (SSSR count). The van der Waals surface area contributed by atoms with Gasteiger partial charge in [-0.25, -0.2) is 4.98 Å². The molecule has 1 aliphatic rings. The van der Waals surface area contributed by atoms with Crippen molar-refractivity contribution in [2.45, 2.75) is 32.3 Å². The Morgan fingerprint density at radius 2 is 2.20 bits per heavy atom. The van der Waals surface area contributed by atoms with Crippen molar-refractivity contribution in [3.63, 3.8) is 0 Å². The Hall–Kier alpha value is -0.710. The third-order valence-corrected chi connectivity index (χ3v) is 3.93. The highest BCUT2D eigenvalue weighted by atomic mass is 35.5. The Morgan fingerprint density at radius 3 is 2.85 bits per heavy atom. The first-order chi connectivity index (χ1) is 9.61. The first-order valence-corrected chi connectivity index (χ1v) is 7.80. The number of ether oxygens (including phenoxy) is 1. The fourth-order valence-electron chi connectivity index (χ4n) is 2.36. The van der Waals surface area contributed by atoms with Crippen LogP contribution in [0, 0.1) is 0 Å². The molecule has 0 radical (unpaired) electrons. The molecule has 1 atom stereocenters. The Labute approximate surface area is 130 Å². The molecule has 4 nitrogen and oxygen atoms in total. The van der Waals surface area contributed by atoms with Gasteiger partial charge >= 0.3 is 0 Å². The normalized spacial score (nSPS) is 18.9. The zero-order valence-electron chi connectivity index (χ0n) is 12.0. The van der Waals surface area contributed by atoms with Crippen LogP contribution in [0.2, 0.25) is 10.0 Å². The molecule has 1 aromatic heterocycles. The second-order valence-corrected chi connectivity index (χ2v) is 5.84. The largest absolute Gasteiger partial charge is 0.376 e. The fourth-order valence-corrected chi connectivity index (χ4v) is 2.93. The van der Waals surface area contributed by atoms with E-state index in [1.54, 1.807) is 6.07 Å². The molecule has 0 amide bonds. The summed E-state index contributed by atoms with van der Waals surface area (Å²) in [4.78, 5) is 6.56. The van der Waals surface area contributed by atoms with E-state index in [9.17, 15) is 0 Å². The quantitative estimate of drug-likeness (QED) is 0.895. The zero-order chi connectivity index (χ0) is 14.5. The summed E-state index contributed by atoms with van der Waals surface area (Å²) in [5.41, 5.74) is 0. The summed E-state index contributed by atoms with van der Waals surface area (Å²) < 4.78 is 5.76.